The summed E-state index contributed by atoms with van der Waals surface area (Å²) < 4.78 is 22.9. The van der Waals surface area contributed by atoms with Gasteiger partial charge in [-0.3, -0.25) is 20.2 Å². The minimum atomic E-state index is -3.31. The van der Waals surface area contributed by atoms with Gasteiger partial charge in [0.2, 0.25) is 0 Å². The maximum atomic E-state index is 11.5. The first-order valence-electron chi connectivity index (χ1n) is 7.09. The largest absolute Gasteiger partial charge is 0.373 e. The average Bonchev–Trinajstić information content (AvgIpc) is 2.54. The number of non-ortho nitro benzene ring substituents is 1. The van der Waals surface area contributed by atoms with Gasteiger partial charge >= 0.3 is 0 Å². The predicted molar refractivity (Wildman–Crippen MR) is 91.3 cm³/mol. The second kappa shape index (κ2) is 6.85. The van der Waals surface area contributed by atoms with Gasteiger partial charge in [0.1, 0.15) is 5.69 Å². The number of nitro benzene ring substituents is 2. The third-order valence-electron chi connectivity index (χ3n) is 3.57. The number of nitrogens with one attached hydrogen (secondary N) is 1. The first-order valence-corrected chi connectivity index (χ1v) is 8.98. The lowest BCUT2D eigenvalue weighted by molar-refractivity contribution is -0.393. The maximum absolute atomic E-state index is 11.5. The van der Waals surface area contributed by atoms with Crippen molar-refractivity contribution in [3.05, 3.63) is 68.3 Å². The second-order valence-electron chi connectivity index (χ2n) is 5.42. The van der Waals surface area contributed by atoms with E-state index >= 15 is 0 Å². The third-order valence-corrected chi connectivity index (χ3v) is 4.70. The first-order chi connectivity index (χ1) is 11.6. The minimum absolute atomic E-state index is 0.135. The Morgan fingerprint density at radius 1 is 1.00 bits per heavy atom. The van der Waals surface area contributed by atoms with Crippen LogP contribution < -0.4 is 5.32 Å². The number of nitro groups is 2. The van der Waals surface area contributed by atoms with E-state index in [4.69, 9.17) is 0 Å². The van der Waals surface area contributed by atoms with Crippen molar-refractivity contribution in [3.8, 4) is 0 Å². The molecule has 1 N–H and O–H groups in total. The summed E-state index contributed by atoms with van der Waals surface area (Å²) in [6.45, 7) is 1.74. The molecule has 132 valence electrons. The Hall–Kier alpha value is -3.01. The number of nitrogens with zero attached hydrogens (tertiary/aromatic N) is 2. The molecule has 0 fully saturated rings. The van der Waals surface area contributed by atoms with Gasteiger partial charge in [0.25, 0.3) is 11.4 Å². The van der Waals surface area contributed by atoms with Gasteiger partial charge in [0.05, 0.1) is 20.8 Å². The lowest BCUT2D eigenvalue weighted by atomic mass is 10.1. The van der Waals surface area contributed by atoms with E-state index in [1.54, 1.807) is 19.1 Å². The van der Waals surface area contributed by atoms with E-state index in [1.165, 1.54) is 24.3 Å². The average molecular weight is 365 g/mol. The molecule has 0 aliphatic rings. The van der Waals surface area contributed by atoms with E-state index in [1.807, 2.05) is 0 Å². The fourth-order valence-electron chi connectivity index (χ4n) is 2.23. The van der Waals surface area contributed by atoms with Crippen LogP contribution in [0.25, 0.3) is 0 Å². The zero-order valence-electron chi connectivity index (χ0n) is 13.4. The van der Waals surface area contributed by atoms with Crippen LogP contribution in [0.5, 0.6) is 0 Å². The normalized spacial score (nSPS) is 12.4. The number of benzene rings is 2. The van der Waals surface area contributed by atoms with Crippen LogP contribution in [0, 0.1) is 20.2 Å². The Bertz CT molecular complexity index is 925. The van der Waals surface area contributed by atoms with Gasteiger partial charge < -0.3 is 5.32 Å². The lowest BCUT2D eigenvalue weighted by Crippen LogP contribution is -2.09. The van der Waals surface area contributed by atoms with Gasteiger partial charge in [-0.15, -0.1) is 0 Å². The number of sulfone groups is 1. The molecule has 1 atom stereocenters. The van der Waals surface area contributed by atoms with Crippen molar-refractivity contribution in [1.82, 2.24) is 0 Å². The van der Waals surface area contributed by atoms with Crippen LogP contribution in [0.4, 0.5) is 17.1 Å². The molecule has 0 saturated carbocycles. The van der Waals surface area contributed by atoms with Crippen LogP contribution in [0.15, 0.2) is 47.4 Å². The molecule has 0 saturated heterocycles. The molecule has 0 heterocycles. The monoisotopic (exact) mass is 365 g/mol. The van der Waals surface area contributed by atoms with Crippen molar-refractivity contribution < 1.29 is 18.3 Å². The van der Waals surface area contributed by atoms with E-state index in [0.717, 1.165) is 12.3 Å². The Kier molecular flexibility index (Phi) is 5.02. The topological polar surface area (TPSA) is 132 Å². The quantitative estimate of drug-likeness (QED) is 0.614. The van der Waals surface area contributed by atoms with Crippen molar-refractivity contribution in [1.29, 1.82) is 0 Å². The van der Waals surface area contributed by atoms with Gasteiger partial charge in [-0.05, 0) is 30.7 Å². The molecular weight excluding hydrogens is 350 g/mol. The smallest absolute Gasteiger partial charge is 0.299 e. The van der Waals surface area contributed by atoms with E-state index in [-0.39, 0.29) is 22.3 Å². The molecule has 9 nitrogen and oxygen atoms in total. The summed E-state index contributed by atoms with van der Waals surface area (Å²) in [6, 6.07) is 9.07. The Morgan fingerprint density at radius 3 is 2.08 bits per heavy atom. The van der Waals surface area contributed by atoms with Crippen molar-refractivity contribution >= 4 is 26.9 Å². The van der Waals surface area contributed by atoms with Crippen LogP contribution in [-0.2, 0) is 9.84 Å². The van der Waals surface area contributed by atoms with E-state index in [9.17, 15) is 28.6 Å². The fourth-order valence-corrected chi connectivity index (χ4v) is 2.86. The molecule has 0 aliphatic carbocycles. The summed E-state index contributed by atoms with van der Waals surface area (Å²) >= 11 is 0. The van der Waals surface area contributed by atoms with E-state index in [2.05, 4.69) is 5.32 Å². The van der Waals surface area contributed by atoms with Crippen molar-refractivity contribution in [2.24, 2.45) is 0 Å². The summed E-state index contributed by atoms with van der Waals surface area (Å²) in [5.41, 5.74) is 0.0616. The van der Waals surface area contributed by atoms with Crippen molar-refractivity contribution in [2.75, 3.05) is 11.6 Å². The second-order valence-corrected chi connectivity index (χ2v) is 7.44. The summed E-state index contributed by atoms with van der Waals surface area (Å²) in [4.78, 5) is 20.7. The number of anilines is 1. The minimum Gasteiger partial charge on any atom is -0.373 e. The highest BCUT2D eigenvalue weighted by Crippen LogP contribution is 2.31. The molecular formula is C15H15N3O6S. The molecule has 1 unspecified atom stereocenters. The molecule has 0 aromatic heterocycles. The molecule has 0 amide bonds. The summed E-state index contributed by atoms with van der Waals surface area (Å²) in [7, 11) is -3.31. The molecule has 0 aliphatic heterocycles. The zero-order chi connectivity index (χ0) is 18.8. The van der Waals surface area contributed by atoms with Crippen LogP contribution >= 0.6 is 0 Å². The van der Waals surface area contributed by atoms with Crippen LogP contribution in [0.2, 0.25) is 0 Å². The van der Waals surface area contributed by atoms with Crippen molar-refractivity contribution in [3.63, 3.8) is 0 Å². The highest BCUT2D eigenvalue weighted by Gasteiger charge is 2.21. The Labute approximate surface area is 143 Å². The Morgan fingerprint density at radius 2 is 1.60 bits per heavy atom. The predicted octanol–water partition coefficient (Wildman–Crippen LogP) is 3.08. The van der Waals surface area contributed by atoms with Gasteiger partial charge in [0, 0.05) is 18.4 Å². The fraction of sp³-hybridized carbons (Fsp3) is 0.200. The number of hydrogen-bond acceptors (Lipinski definition) is 7. The molecule has 2 aromatic rings. The van der Waals surface area contributed by atoms with Gasteiger partial charge in [-0.2, -0.15) is 0 Å². The standard InChI is InChI=1S/C15H15N3O6S/c1-10(11-3-6-13(7-4-11)25(2,23)24)16-14-8-5-12(17(19)20)9-15(14)18(21)22/h3-10,16H,1-2H3. The van der Waals surface area contributed by atoms with E-state index < -0.39 is 25.4 Å². The molecule has 10 heteroatoms. The molecule has 0 spiro atoms. The number of rotatable bonds is 6. The summed E-state index contributed by atoms with van der Waals surface area (Å²) in [6.07, 6.45) is 1.10. The van der Waals surface area contributed by atoms with Crippen molar-refractivity contribution in [2.45, 2.75) is 17.9 Å². The van der Waals surface area contributed by atoms with Gasteiger partial charge in [0.15, 0.2) is 9.84 Å². The first kappa shape index (κ1) is 18.3. The lowest BCUT2D eigenvalue weighted by Gasteiger charge is -2.16. The summed E-state index contributed by atoms with van der Waals surface area (Å²) in [5.74, 6) is 0. The van der Waals surface area contributed by atoms with Crippen LogP contribution in [0.3, 0.4) is 0 Å². The van der Waals surface area contributed by atoms with Crippen LogP contribution in [0.1, 0.15) is 18.5 Å². The molecule has 25 heavy (non-hydrogen) atoms. The SMILES string of the molecule is CC(Nc1ccc([N+](=O)[O-])cc1[N+](=O)[O-])c1ccc(S(C)(=O)=O)cc1. The zero-order valence-corrected chi connectivity index (χ0v) is 14.2. The van der Waals surface area contributed by atoms with Gasteiger partial charge in [-0.25, -0.2) is 8.42 Å². The molecule has 0 radical (unpaired) electrons. The number of hydrogen-bond donors (Lipinski definition) is 1. The van der Waals surface area contributed by atoms with Crippen LogP contribution in [-0.4, -0.2) is 24.5 Å². The highest BCUT2D eigenvalue weighted by molar-refractivity contribution is 7.90. The Balaban J connectivity index is 2.29. The molecule has 2 rings (SSSR count). The maximum Gasteiger partial charge on any atom is 0.299 e. The van der Waals surface area contributed by atoms with E-state index in [0.29, 0.717) is 5.56 Å². The van der Waals surface area contributed by atoms with Gasteiger partial charge in [-0.1, -0.05) is 12.1 Å². The molecule has 0 bridgehead atoms. The highest BCUT2D eigenvalue weighted by atomic mass is 32.2. The third kappa shape index (κ3) is 4.29. The molecule has 2 aromatic carbocycles. The summed E-state index contributed by atoms with van der Waals surface area (Å²) in [5, 5.41) is 24.8.